The van der Waals surface area contributed by atoms with Gasteiger partial charge in [0, 0.05) is 38.3 Å². The van der Waals surface area contributed by atoms with E-state index >= 15 is 0 Å². The van der Waals surface area contributed by atoms with Gasteiger partial charge in [0.25, 0.3) is 5.91 Å². The highest BCUT2D eigenvalue weighted by molar-refractivity contribution is 5.81. The molecule has 0 radical (unpaired) electrons. The van der Waals surface area contributed by atoms with E-state index in [1.807, 2.05) is 24.3 Å². The van der Waals surface area contributed by atoms with Gasteiger partial charge in [-0.05, 0) is 61.3 Å². The second-order valence-corrected chi connectivity index (χ2v) is 8.37. The van der Waals surface area contributed by atoms with Crippen molar-refractivity contribution in [3.8, 4) is 5.75 Å². The van der Waals surface area contributed by atoms with Gasteiger partial charge in [-0.1, -0.05) is 6.42 Å². The van der Waals surface area contributed by atoms with Gasteiger partial charge in [0.1, 0.15) is 5.75 Å². The number of amides is 1. The summed E-state index contributed by atoms with van der Waals surface area (Å²) in [7, 11) is 1.66. The van der Waals surface area contributed by atoms with E-state index in [2.05, 4.69) is 4.90 Å². The van der Waals surface area contributed by atoms with Gasteiger partial charge in [0.15, 0.2) is 6.61 Å². The van der Waals surface area contributed by atoms with E-state index in [1.165, 1.54) is 25.7 Å². The molecule has 0 aromatic heterocycles. The van der Waals surface area contributed by atoms with Crippen LogP contribution in [0.2, 0.25) is 0 Å². The number of anilines is 1. The third-order valence-corrected chi connectivity index (χ3v) is 6.74. The molecule has 2 aliphatic carbocycles. The van der Waals surface area contributed by atoms with Gasteiger partial charge >= 0.3 is 5.97 Å². The molecule has 3 aliphatic rings. The Labute approximate surface area is 166 Å². The van der Waals surface area contributed by atoms with Gasteiger partial charge in [-0.15, -0.1) is 0 Å². The average Bonchev–Trinajstić information content (AvgIpc) is 3.35. The maximum absolute atomic E-state index is 12.4. The van der Waals surface area contributed by atoms with Crippen LogP contribution >= 0.6 is 0 Å². The summed E-state index contributed by atoms with van der Waals surface area (Å²) in [6, 6.07) is 7.96. The zero-order valence-corrected chi connectivity index (χ0v) is 16.6. The molecule has 0 N–H and O–H groups in total. The molecule has 3 atom stereocenters. The minimum Gasteiger partial charge on any atom is -0.497 e. The number of benzene rings is 1. The van der Waals surface area contributed by atoms with Gasteiger partial charge in [-0.2, -0.15) is 0 Å². The summed E-state index contributed by atoms with van der Waals surface area (Å²) >= 11 is 0. The van der Waals surface area contributed by atoms with Crippen LogP contribution in [-0.2, 0) is 14.3 Å². The van der Waals surface area contributed by atoms with Crippen LogP contribution in [0.3, 0.4) is 0 Å². The van der Waals surface area contributed by atoms with E-state index < -0.39 is 0 Å². The van der Waals surface area contributed by atoms with Crippen LogP contribution in [0.4, 0.5) is 5.69 Å². The van der Waals surface area contributed by atoms with E-state index in [0.29, 0.717) is 31.3 Å². The molecule has 6 heteroatoms. The number of piperazine rings is 1. The lowest BCUT2D eigenvalue weighted by molar-refractivity contribution is -0.153. The van der Waals surface area contributed by atoms with Crippen LogP contribution in [0.1, 0.15) is 32.1 Å². The zero-order chi connectivity index (χ0) is 19.5. The lowest BCUT2D eigenvalue weighted by atomic mass is 9.86. The Bertz CT molecular complexity index is 697. The quantitative estimate of drug-likeness (QED) is 0.704. The SMILES string of the molecule is COc1ccc(N2CCN(C(=O)COC(=O)C[C@H]3C[C@H]4CC[C@@H]3C4)CC2)cc1. The zero-order valence-electron chi connectivity index (χ0n) is 16.6. The highest BCUT2D eigenvalue weighted by atomic mass is 16.5. The van der Waals surface area contributed by atoms with Crippen molar-refractivity contribution in [1.82, 2.24) is 4.90 Å². The van der Waals surface area contributed by atoms with Gasteiger partial charge in [0.2, 0.25) is 0 Å². The number of carbonyl (C=O) groups is 2. The van der Waals surface area contributed by atoms with Crippen molar-refractivity contribution in [2.45, 2.75) is 32.1 Å². The smallest absolute Gasteiger partial charge is 0.306 e. The summed E-state index contributed by atoms with van der Waals surface area (Å²) in [5, 5.41) is 0. The molecule has 28 heavy (non-hydrogen) atoms. The second kappa shape index (κ2) is 8.41. The van der Waals surface area contributed by atoms with Crippen LogP contribution in [-0.4, -0.2) is 56.7 Å². The van der Waals surface area contributed by atoms with Crippen molar-refractivity contribution in [2.75, 3.05) is 44.8 Å². The molecule has 6 nitrogen and oxygen atoms in total. The Kier molecular flexibility index (Phi) is 5.74. The fourth-order valence-electron chi connectivity index (χ4n) is 5.14. The summed E-state index contributed by atoms with van der Waals surface area (Å²) in [5.74, 6) is 2.56. The molecule has 2 saturated carbocycles. The van der Waals surface area contributed by atoms with Crippen molar-refractivity contribution in [3.05, 3.63) is 24.3 Å². The number of rotatable bonds is 6. The largest absolute Gasteiger partial charge is 0.497 e. The Morgan fingerprint density at radius 3 is 2.39 bits per heavy atom. The summed E-state index contributed by atoms with van der Waals surface area (Å²) in [5.41, 5.74) is 1.13. The predicted octanol–water partition coefficient (Wildman–Crippen LogP) is 2.71. The van der Waals surface area contributed by atoms with E-state index in [4.69, 9.17) is 9.47 Å². The van der Waals surface area contributed by atoms with Gasteiger partial charge < -0.3 is 19.3 Å². The third kappa shape index (κ3) is 4.26. The van der Waals surface area contributed by atoms with Crippen LogP contribution in [0.15, 0.2) is 24.3 Å². The summed E-state index contributed by atoms with van der Waals surface area (Å²) in [6.45, 7) is 2.72. The molecule has 1 saturated heterocycles. The molecule has 1 heterocycles. The number of fused-ring (bicyclic) bond motifs is 2. The average molecular weight is 386 g/mol. The molecular formula is C22H30N2O4. The van der Waals surface area contributed by atoms with E-state index in [-0.39, 0.29) is 18.5 Å². The second-order valence-electron chi connectivity index (χ2n) is 8.37. The lowest BCUT2D eigenvalue weighted by Crippen LogP contribution is -2.49. The van der Waals surface area contributed by atoms with E-state index in [0.717, 1.165) is 30.4 Å². The maximum atomic E-state index is 12.4. The van der Waals surface area contributed by atoms with Crippen molar-refractivity contribution in [3.63, 3.8) is 0 Å². The number of carbonyl (C=O) groups excluding carboxylic acids is 2. The number of esters is 1. The summed E-state index contributed by atoms with van der Waals surface area (Å²) in [6.07, 6.45) is 5.54. The first-order chi connectivity index (χ1) is 13.6. The topological polar surface area (TPSA) is 59.1 Å². The minimum absolute atomic E-state index is 0.0873. The highest BCUT2D eigenvalue weighted by Gasteiger charge is 2.40. The predicted molar refractivity (Wildman–Crippen MR) is 106 cm³/mol. The molecule has 1 aromatic rings. The normalized spacial score (nSPS) is 26.4. The first-order valence-corrected chi connectivity index (χ1v) is 10.4. The maximum Gasteiger partial charge on any atom is 0.306 e. The van der Waals surface area contributed by atoms with Crippen LogP contribution in [0, 0.1) is 17.8 Å². The molecule has 0 spiro atoms. The van der Waals surface area contributed by atoms with Gasteiger partial charge in [-0.25, -0.2) is 0 Å². The number of hydrogen-bond acceptors (Lipinski definition) is 5. The first-order valence-electron chi connectivity index (χ1n) is 10.4. The molecule has 0 unspecified atom stereocenters. The van der Waals surface area contributed by atoms with Crippen LogP contribution in [0.5, 0.6) is 5.75 Å². The third-order valence-electron chi connectivity index (χ3n) is 6.74. The number of hydrogen-bond donors (Lipinski definition) is 0. The van der Waals surface area contributed by atoms with Crippen molar-refractivity contribution in [2.24, 2.45) is 17.8 Å². The Balaban J connectivity index is 1.18. The number of ether oxygens (including phenoxy) is 2. The Morgan fingerprint density at radius 1 is 1.04 bits per heavy atom. The fraction of sp³-hybridized carbons (Fsp3) is 0.636. The minimum atomic E-state index is -0.206. The molecule has 152 valence electrons. The number of methoxy groups -OCH3 is 1. The van der Waals surface area contributed by atoms with Crippen molar-refractivity contribution in [1.29, 1.82) is 0 Å². The van der Waals surface area contributed by atoms with Gasteiger partial charge in [-0.3, -0.25) is 9.59 Å². The summed E-state index contributed by atoms with van der Waals surface area (Å²) in [4.78, 5) is 28.6. The standard InChI is InChI=1S/C22H30N2O4/c1-27-20-6-4-19(5-7-20)23-8-10-24(11-9-23)21(25)15-28-22(26)14-18-13-16-2-3-17(18)12-16/h4-7,16-18H,2-3,8-15H2,1H3/t16-,17+,18+/m0/s1. The summed E-state index contributed by atoms with van der Waals surface area (Å²) < 4.78 is 10.5. The molecule has 3 fully saturated rings. The van der Waals surface area contributed by atoms with Crippen molar-refractivity contribution >= 4 is 17.6 Å². The number of nitrogens with zero attached hydrogens (tertiary/aromatic N) is 2. The van der Waals surface area contributed by atoms with Crippen LogP contribution in [0.25, 0.3) is 0 Å². The molecule has 2 bridgehead atoms. The van der Waals surface area contributed by atoms with E-state index in [1.54, 1.807) is 12.0 Å². The van der Waals surface area contributed by atoms with Crippen molar-refractivity contribution < 1.29 is 19.1 Å². The fourth-order valence-corrected chi connectivity index (χ4v) is 5.14. The lowest BCUT2D eigenvalue weighted by Gasteiger charge is -2.36. The first kappa shape index (κ1) is 19.1. The highest BCUT2D eigenvalue weighted by Crippen LogP contribution is 2.49. The Morgan fingerprint density at radius 2 is 1.79 bits per heavy atom. The Hall–Kier alpha value is -2.24. The monoisotopic (exact) mass is 386 g/mol. The van der Waals surface area contributed by atoms with E-state index in [9.17, 15) is 9.59 Å². The molecular weight excluding hydrogens is 356 g/mol. The van der Waals surface area contributed by atoms with Crippen LogP contribution < -0.4 is 9.64 Å². The molecule has 1 amide bonds. The molecule has 4 rings (SSSR count). The molecule has 1 aliphatic heterocycles. The van der Waals surface area contributed by atoms with Gasteiger partial charge in [0.05, 0.1) is 7.11 Å². The molecule has 1 aromatic carbocycles.